The largest absolute Gasteiger partial charge is 0.504 e. The summed E-state index contributed by atoms with van der Waals surface area (Å²) in [6.07, 6.45) is -0.200. The van der Waals surface area contributed by atoms with Crippen LogP contribution in [0.1, 0.15) is 19.4 Å². The van der Waals surface area contributed by atoms with Gasteiger partial charge in [0.2, 0.25) is 0 Å². The van der Waals surface area contributed by atoms with Crippen molar-refractivity contribution in [2.45, 2.75) is 20.3 Å². The monoisotopic (exact) mass is 228 g/mol. The van der Waals surface area contributed by atoms with E-state index in [4.69, 9.17) is 5.11 Å². The summed E-state index contributed by atoms with van der Waals surface area (Å²) in [5, 5.41) is 27.5. The van der Waals surface area contributed by atoms with Gasteiger partial charge in [-0.3, -0.25) is 4.79 Å². The van der Waals surface area contributed by atoms with E-state index in [9.17, 15) is 19.4 Å². The lowest BCUT2D eigenvalue weighted by Crippen LogP contribution is -2.26. The van der Waals surface area contributed by atoms with Crippen molar-refractivity contribution in [1.82, 2.24) is 0 Å². The number of benzene rings is 1. The molecule has 16 heavy (non-hydrogen) atoms. The van der Waals surface area contributed by atoms with E-state index < -0.39 is 28.7 Å². The molecule has 0 spiro atoms. The topological polar surface area (TPSA) is 77.8 Å². The molecule has 0 atom stereocenters. The molecule has 4 nitrogen and oxygen atoms in total. The molecule has 0 aliphatic carbocycles. The second kappa shape index (κ2) is 4.00. The van der Waals surface area contributed by atoms with Crippen molar-refractivity contribution >= 4 is 5.97 Å². The number of phenolic OH excluding ortho intramolecular Hbond substituents is 2. The minimum atomic E-state index is -1.22. The van der Waals surface area contributed by atoms with Crippen LogP contribution in [0.15, 0.2) is 12.1 Å². The Balaban J connectivity index is 3.15. The summed E-state index contributed by atoms with van der Waals surface area (Å²) in [6, 6.07) is 2.00. The fraction of sp³-hybridized carbons (Fsp3) is 0.364. The summed E-state index contributed by atoms with van der Waals surface area (Å²) in [5.41, 5.74) is -1.40. The predicted octanol–water partition coefficient (Wildman–Crippen LogP) is 1.89. The van der Waals surface area contributed by atoms with Crippen LogP contribution in [-0.4, -0.2) is 21.3 Å². The first-order chi connectivity index (χ1) is 7.25. The van der Waals surface area contributed by atoms with Crippen LogP contribution in [0.4, 0.5) is 4.39 Å². The lowest BCUT2D eigenvalue weighted by Gasteiger charge is -2.20. The van der Waals surface area contributed by atoms with E-state index in [-0.39, 0.29) is 12.0 Å². The molecule has 0 fully saturated rings. The van der Waals surface area contributed by atoms with Gasteiger partial charge in [0.05, 0.1) is 5.41 Å². The molecule has 0 aliphatic rings. The van der Waals surface area contributed by atoms with Crippen molar-refractivity contribution in [3.63, 3.8) is 0 Å². The lowest BCUT2D eigenvalue weighted by atomic mass is 9.85. The molecule has 0 aliphatic heterocycles. The molecule has 0 unspecified atom stereocenters. The van der Waals surface area contributed by atoms with Gasteiger partial charge in [0.15, 0.2) is 11.5 Å². The maximum atomic E-state index is 13.4. The number of hydrogen-bond donors (Lipinski definition) is 3. The number of rotatable bonds is 3. The van der Waals surface area contributed by atoms with Crippen LogP contribution in [0.25, 0.3) is 0 Å². The molecule has 88 valence electrons. The minimum Gasteiger partial charge on any atom is -0.504 e. The molecular weight excluding hydrogens is 215 g/mol. The van der Waals surface area contributed by atoms with E-state index in [0.29, 0.717) is 0 Å². The van der Waals surface area contributed by atoms with Gasteiger partial charge in [-0.15, -0.1) is 0 Å². The van der Waals surface area contributed by atoms with E-state index in [2.05, 4.69) is 0 Å². The first-order valence-electron chi connectivity index (χ1n) is 4.68. The van der Waals surface area contributed by atoms with Crippen LogP contribution < -0.4 is 0 Å². The van der Waals surface area contributed by atoms with Gasteiger partial charge in [-0.1, -0.05) is 0 Å². The third-order valence-corrected chi connectivity index (χ3v) is 2.40. The molecule has 0 amide bonds. The van der Waals surface area contributed by atoms with Gasteiger partial charge in [-0.25, -0.2) is 4.39 Å². The first kappa shape index (κ1) is 12.3. The number of aromatic hydroxyl groups is 2. The minimum absolute atomic E-state index is 0.188. The maximum Gasteiger partial charge on any atom is 0.309 e. The number of aliphatic carboxylic acids is 1. The molecule has 0 saturated carbocycles. The van der Waals surface area contributed by atoms with Crippen LogP contribution in [0.3, 0.4) is 0 Å². The standard InChI is InChI=1S/C11H13FO4/c1-11(2,10(15)16)5-6-7(12)3-4-8(13)9(6)14/h3-4,13-14H,5H2,1-2H3,(H,15,16). The third-order valence-electron chi connectivity index (χ3n) is 2.40. The summed E-state index contributed by atoms with van der Waals surface area (Å²) < 4.78 is 13.4. The molecule has 1 aromatic rings. The Morgan fingerprint density at radius 3 is 2.44 bits per heavy atom. The molecule has 1 rings (SSSR count). The van der Waals surface area contributed by atoms with Crippen molar-refractivity contribution in [1.29, 1.82) is 0 Å². The fourth-order valence-electron chi connectivity index (χ4n) is 1.29. The summed E-state index contributed by atoms with van der Waals surface area (Å²) in [5.74, 6) is -2.90. The molecule has 1 aromatic carbocycles. The zero-order valence-corrected chi connectivity index (χ0v) is 8.99. The van der Waals surface area contributed by atoms with E-state index >= 15 is 0 Å². The van der Waals surface area contributed by atoms with Crippen LogP contribution in [0, 0.1) is 11.2 Å². The summed E-state index contributed by atoms with van der Waals surface area (Å²) in [4.78, 5) is 10.9. The highest BCUT2D eigenvalue weighted by Crippen LogP contribution is 2.35. The van der Waals surface area contributed by atoms with E-state index in [1.807, 2.05) is 0 Å². The highest BCUT2D eigenvalue weighted by molar-refractivity contribution is 5.74. The second-order valence-electron chi connectivity index (χ2n) is 4.26. The van der Waals surface area contributed by atoms with Gasteiger partial charge < -0.3 is 15.3 Å². The fourth-order valence-corrected chi connectivity index (χ4v) is 1.29. The highest BCUT2D eigenvalue weighted by atomic mass is 19.1. The quantitative estimate of drug-likeness (QED) is 0.690. The average molecular weight is 228 g/mol. The van der Waals surface area contributed by atoms with Crippen molar-refractivity contribution in [2.24, 2.45) is 5.41 Å². The molecule has 0 radical (unpaired) electrons. The molecule has 0 aromatic heterocycles. The maximum absolute atomic E-state index is 13.4. The van der Waals surface area contributed by atoms with Gasteiger partial charge >= 0.3 is 5.97 Å². The molecule has 0 bridgehead atoms. The zero-order valence-electron chi connectivity index (χ0n) is 8.99. The van der Waals surface area contributed by atoms with Crippen molar-refractivity contribution in [3.05, 3.63) is 23.5 Å². The van der Waals surface area contributed by atoms with Gasteiger partial charge in [-0.05, 0) is 32.4 Å². The normalized spacial score (nSPS) is 11.4. The summed E-state index contributed by atoms with van der Waals surface area (Å²) >= 11 is 0. The molecular formula is C11H13FO4. The van der Waals surface area contributed by atoms with Crippen LogP contribution in [0.2, 0.25) is 0 Å². The molecule has 3 N–H and O–H groups in total. The second-order valence-corrected chi connectivity index (χ2v) is 4.26. The number of carboxylic acid groups (broad SMARTS) is 1. The number of carbonyl (C=O) groups is 1. The van der Waals surface area contributed by atoms with Crippen LogP contribution in [-0.2, 0) is 11.2 Å². The van der Waals surface area contributed by atoms with Crippen molar-refractivity contribution in [3.8, 4) is 11.5 Å². The van der Waals surface area contributed by atoms with Crippen LogP contribution >= 0.6 is 0 Å². The Labute approximate surface area is 92.0 Å². The highest BCUT2D eigenvalue weighted by Gasteiger charge is 2.30. The Kier molecular flexibility index (Phi) is 3.07. The SMILES string of the molecule is CC(C)(Cc1c(F)ccc(O)c1O)C(=O)O. The number of hydrogen-bond acceptors (Lipinski definition) is 3. The predicted molar refractivity (Wildman–Crippen MR) is 54.9 cm³/mol. The third kappa shape index (κ3) is 2.24. The number of carboxylic acids is 1. The lowest BCUT2D eigenvalue weighted by molar-refractivity contribution is -0.146. The Morgan fingerprint density at radius 2 is 1.94 bits per heavy atom. The van der Waals surface area contributed by atoms with Gasteiger partial charge in [0.25, 0.3) is 0 Å². The number of phenols is 2. The van der Waals surface area contributed by atoms with Crippen molar-refractivity contribution in [2.75, 3.05) is 0 Å². The van der Waals surface area contributed by atoms with E-state index in [1.54, 1.807) is 0 Å². The first-order valence-corrected chi connectivity index (χ1v) is 4.68. The Hall–Kier alpha value is -1.78. The Bertz CT molecular complexity index is 426. The molecule has 0 heterocycles. The average Bonchev–Trinajstić information content (AvgIpc) is 2.18. The number of halogens is 1. The van der Waals surface area contributed by atoms with Crippen LogP contribution in [0.5, 0.6) is 11.5 Å². The summed E-state index contributed by atoms with van der Waals surface area (Å²) in [7, 11) is 0. The van der Waals surface area contributed by atoms with E-state index in [1.165, 1.54) is 13.8 Å². The molecule has 5 heteroatoms. The van der Waals surface area contributed by atoms with Gasteiger partial charge in [0, 0.05) is 5.56 Å². The van der Waals surface area contributed by atoms with Gasteiger partial charge in [0.1, 0.15) is 5.82 Å². The Morgan fingerprint density at radius 1 is 1.38 bits per heavy atom. The van der Waals surface area contributed by atoms with E-state index in [0.717, 1.165) is 12.1 Å². The zero-order chi connectivity index (χ0) is 12.5. The van der Waals surface area contributed by atoms with Crippen molar-refractivity contribution < 1.29 is 24.5 Å². The summed E-state index contributed by atoms with van der Waals surface area (Å²) in [6.45, 7) is 2.83. The van der Waals surface area contributed by atoms with Gasteiger partial charge in [-0.2, -0.15) is 0 Å². The smallest absolute Gasteiger partial charge is 0.309 e. The molecule has 0 saturated heterocycles.